The molecule has 0 radical (unpaired) electrons. The second-order valence-electron chi connectivity index (χ2n) is 4.23. The fraction of sp³-hybridized carbons (Fsp3) is 0.385. The number of likely N-dealkylation sites (tertiary alicyclic amines) is 1. The molecule has 0 N–H and O–H groups in total. The molecule has 17 heavy (non-hydrogen) atoms. The molecule has 1 heterocycles. The Bertz CT molecular complexity index is 467. The topological polar surface area (TPSA) is 44.1 Å². The summed E-state index contributed by atoms with van der Waals surface area (Å²) in [5.74, 6) is -0.0701. The van der Waals surface area contributed by atoms with Crippen LogP contribution >= 0.6 is 11.6 Å². The van der Waals surface area contributed by atoms with Crippen molar-refractivity contribution in [2.45, 2.75) is 12.8 Å². The number of nitrogens with zero attached hydrogens (tertiary/aromatic N) is 2. The largest absolute Gasteiger partial charge is 0.337 e. The van der Waals surface area contributed by atoms with Gasteiger partial charge in [-0.3, -0.25) is 4.79 Å². The minimum Gasteiger partial charge on any atom is -0.337 e. The van der Waals surface area contributed by atoms with Crippen molar-refractivity contribution >= 4 is 17.5 Å². The molecule has 1 aromatic carbocycles. The molecule has 1 atom stereocenters. The van der Waals surface area contributed by atoms with Gasteiger partial charge in [0.1, 0.15) is 0 Å². The second kappa shape index (κ2) is 5.20. The summed E-state index contributed by atoms with van der Waals surface area (Å²) in [5.41, 5.74) is 0.594. The van der Waals surface area contributed by atoms with Gasteiger partial charge in [0.2, 0.25) is 0 Å². The van der Waals surface area contributed by atoms with E-state index in [0.29, 0.717) is 17.1 Å². The standard InChI is InChI=1S/C13H13ClN2O/c14-12-5-1-4-11(7-12)13(17)16-6-2-3-10(8-15)9-16/h1,4-5,7,10H,2-3,6,9H2. The summed E-state index contributed by atoms with van der Waals surface area (Å²) in [5, 5.41) is 9.46. The maximum Gasteiger partial charge on any atom is 0.253 e. The first kappa shape index (κ1) is 11.9. The van der Waals surface area contributed by atoms with Gasteiger partial charge in [-0.05, 0) is 31.0 Å². The number of hydrogen-bond donors (Lipinski definition) is 0. The molecule has 1 amide bonds. The fourth-order valence-electron chi connectivity index (χ4n) is 2.07. The molecular weight excluding hydrogens is 236 g/mol. The predicted octanol–water partition coefficient (Wildman–Crippen LogP) is 2.72. The van der Waals surface area contributed by atoms with Crippen molar-refractivity contribution in [1.29, 1.82) is 5.26 Å². The zero-order valence-electron chi connectivity index (χ0n) is 9.40. The maximum atomic E-state index is 12.2. The van der Waals surface area contributed by atoms with Crippen molar-refractivity contribution in [3.63, 3.8) is 0 Å². The Labute approximate surface area is 106 Å². The molecule has 0 spiro atoms. The number of piperidine rings is 1. The van der Waals surface area contributed by atoms with Crippen LogP contribution in [0.2, 0.25) is 5.02 Å². The van der Waals surface area contributed by atoms with Crippen molar-refractivity contribution in [2.24, 2.45) is 5.92 Å². The SMILES string of the molecule is N#CC1CCCN(C(=O)c2cccc(Cl)c2)C1. The number of carbonyl (C=O) groups excluding carboxylic acids is 1. The van der Waals surface area contributed by atoms with Gasteiger partial charge >= 0.3 is 0 Å². The molecule has 1 aliphatic heterocycles. The van der Waals surface area contributed by atoms with Gasteiger partial charge in [0.25, 0.3) is 5.91 Å². The van der Waals surface area contributed by atoms with Crippen molar-refractivity contribution in [2.75, 3.05) is 13.1 Å². The highest BCUT2D eigenvalue weighted by atomic mass is 35.5. The normalized spacial score (nSPS) is 19.8. The lowest BCUT2D eigenvalue weighted by Gasteiger charge is -2.29. The molecule has 0 aromatic heterocycles. The number of halogens is 1. The van der Waals surface area contributed by atoms with E-state index in [4.69, 9.17) is 16.9 Å². The Morgan fingerprint density at radius 1 is 1.53 bits per heavy atom. The van der Waals surface area contributed by atoms with Crippen LogP contribution in [-0.2, 0) is 0 Å². The van der Waals surface area contributed by atoms with E-state index in [9.17, 15) is 4.79 Å². The van der Waals surface area contributed by atoms with Gasteiger partial charge in [0.05, 0.1) is 12.0 Å². The molecule has 0 aliphatic carbocycles. The number of carbonyl (C=O) groups is 1. The molecule has 4 heteroatoms. The predicted molar refractivity (Wildman–Crippen MR) is 65.7 cm³/mol. The van der Waals surface area contributed by atoms with E-state index in [0.717, 1.165) is 19.4 Å². The van der Waals surface area contributed by atoms with E-state index < -0.39 is 0 Å². The zero-order chi connectivity index (χ0) is 12.3. The summed E-state index contributed by atoms with van der Waals surface area (Å²) in [6.07, 6.45) is 1.78. The Morgan fingerprint density at radius 3 is 3.06 bits per heavy atom. The summed E-state index contributed by atoms with van der Waals surface area (Å²) in [6, 6.07) is 9.16. The molecule has 2 rings (SSSR count). The van der Waals surface area contributed by atoms with E-state index in [-0.39, 0.29) is 11.8 Å². The molecule has 88 valence electrons. The van der Waals surface area contributed by atoms with Crippen molar-refractivity contribution in [3.8, 4) is 6.07 Å². The second-order valence-corrected chi connectivity index (χ2v) is 4.67. The first-order chi connectivity index (χ1) is 8.20. The Balaban J connectivity index is 2.12. The summed E-state index contributed by atoms with van der Waals surface area (Å²) in [7, 11) is 0. The van der Waals surface area contributed by atoms with E-state index in [2.05, 4.69) is 6.07 Å². The van der Waals surface area contributed by atoms with E-state index in [1.165, 1.54) is 0 Å². The van der Waals surface area contributed by atoms with Gasteiger partial charge in [-0.15, -0.1) is 0 Å². The summed E-state index contributed by atoms with van der Waals surface area (Å²) >= 11 is 5.86. The van der Waals surface area contributed by atoms with Crippen molar-refractivity contribution in [3.05, 3.63) is 34.9 Å². The number of benzene rings is 1. The van der Waals surface area contributed by atoms with E-state index >= 15 is 0 Å². The van der Waals surface area contributed by atoms with Gasteiger partial charge in [-0.1, -0.05) is 17.7 Å². The molecule has 0 bridgehead atoms. The van der Waals surface area contributed by atoms with Crippen molar-refractivity contribution < 1.29 is 4.79 Å². The number of rotatable bonds is 1. The fourth-order valence-corrected chi connectivity index (χ4v) is 2.26. The minimum atomic E-state index is -0.0353. The molecule has 1 fully saturated rings. The third-order valence-corrected chi connectivity index (χ3v) is 3.20. The minimum absolute atomic E-state index is 0.0348. The number of amides is 1. The lowest BCUT2D eigenvalue weighted by molar-refractivity contribution is 0.0699. The maximum absolute atomic E-state index is 12.2. The Morgan fingerprint density at radius 2 is 2.35 bits per heavy atom. The van der Waals surface area contributed by atoms with Crippen LogP contribution in [0.5, 0.6) is 0 Å². The summed E-state index contributed by atoms with van der Waals surface area (Å²) in [4.78, 5) is 13.9. The highest BCUT2D eigenvalue weighted by molar-refractivity contribution is 6.30. The zero-order valence-corrected chi connectivity index (χ0v) is 10.2. The van der Waals surface area contributed by atoms with E-state index in [1.807, 2.05) is 0 Å². The molecule has 0 saturated carbocycles. The van der Waals surface area contributed by atoms with Gasteiger partial charge in [0, 0.05) is 23.7 Å². The van der Waals surface area contributed by atoms with Crippen LogP contribution in [0.4, 0.5) is 0 Å². The highest BCUT2D eigenvalue weighted by Crippen LogP contribution is 2.19. The highest BCUT2D eigenvalue weighted by Gasteiger charge is 2.24. The molecule has 3 nitrogen and oxygen atoms in total. The average molecular weight is 249 g/mol. The first-order valence-electron chi connectivity index (χ1n) is 5.65. The van der Waals surface area contributed by atoms with Gasteiger partial charge in [-0.25, -0.2) is 0 Å². The lowest BCUT2D eigenvalue weighted by atomic mass is 9.99. The molecular formula is C13H13ClN2O. The van der Waals surface area contributed by atoms with Gasteiger partial charge < -0.3 is 4.90 Å². The Kier molecular flexibility index (Phi) is 3.65. The monoisotopic (exact) mass is 248 g/mol. The molecule has 1 aliphatic rings. The smallest absolute Gasteiger partial charge is 0.253 e. The number of hydrogen-bond acceptors (Lipinski definition) is 2. The summed E-state index contributed by atoms with van der Waals surface area (Å²) < 4.78 is 0. The molecule has 1 unspecified atom stereocenters. The number of nitriles is 1. The average Bonchev–Trinajstić information content (AvgIpc) is 2.38. The van der Waals surface area contributed by atoms with Crippen LogP contribution in [0, 0.1) is 17.2 Å². The summed E-state index contributed by atoms with van der Waals surface area (Å²) in [6.45, 7) is 1.26. The van der Waals surface area contributed by atoms with E-state index in [1.54, 1.807) is 29.2 Å². The lowest BCUT2D eigenvalue weighted by Crippen LogP contribution is -2.39. The van der Waals surface area contributed by atoms with Gasteiger partial charge in [-0.2, -0.15) is 5.26 Å². The van der Waals surface area contributed by atoms with Gasteiger partial charge in [0.15, 0.2) is 0 Å². The van der Waals surface area contributed by atoms with Crippen LogP contribution in [-0.4, -0.2) is 23.9 Å². The molecule has 1 aromatic rings. The first-order valence-corrected chi connectivity index (χ1v) is 6.03. The third-order valence-electron chi connectivity index (χ3n) is 2.96. The van der Waals surface area contributed by atoms with Crippen LogP contribution in [0.15, 0.2) is 24.3 Å². The van der Waals surface area contributed by atoms with Crippen LogP contribution in [0.3, 0.4) is 0 Å². The molecule has 1 saturated heterocycles. The Hall–Kier alpha value is -1.53. The third kappa shape index (κ3) is 2.78. The van der Waals surface area contributed by atoms with Crippen LogP contribution < -0.4 is 0 Å². The van der Waals surface area contributed by atoms with Crippen molar-refractivity contribution in [1.82, 2.24) is 4.90 Å². The van der Waals surface area contributed by atoms with Crippen LogP contribution in [0.1, 0.15) is 23.2 Å². The quantitative estimate of drug-likeness (QED) is 0.767. The van der Waals surface area contributed by atoms with Crippen LogP contribution in [0.25, 0.3) is 0 Å².